The molecule has 0 heterocycles. The molecule has 0 aromatic carbocycles. The van der Waals surface area contributed by atoms with Crippen molar-refractivity contribution in [3.63, 3.8) is 0 Å². The fourth-order valence-corrected chi connectivity index (χ4v) is 1.24. The maximum Gasteiger partial charge on any atom is 0.307 e. The predicted octanol–water partition coefficient (Wildman–Crippen LogP) is 1.58. The van der Waals surface area contributed by atoms with Gasteiger partial charge in [-0.3, -0.25) is 9.69 Å². The highest BCUT2D eigenvalue weighted by Gasteiger charge is 2.15. The van der Waals surface area contributed by atoms with Gasteiger partial charge in [-0.05, 0) is 18.9 Å². The minimum Gasteiger partial charge on any atom is -0.481 e. The number of aliphatic carboxylic acids is 1. The Kier molecular flexibility index (Phi) is 6.72. The Balaban J connectivity index is 4.04. The van der Waals surface area contributed by atoms with Crippen LogP contribution in [0.1, 0.15) is 27.2 Å². The molecule has 4 heteroatoms. The molecule has 0 saturated heterocycles. The van der Waals surface area contributed by atoms with Crippen molar-refractivity contribution in [3.8, 4) is 6.07 Å². The Hall–Kier alpha value is -1.08. The van der Waals surface area contributed by atoms with Crippen LogP contribution in [0, 0.1) is 23.2 Å². The molecule has 15 heavy (non-hydrogen) atoms. The number of rotatable bonds is 7. The van der Waals surface area contributed by atoms with E-state index in [0.29, 0.717) is 19.0 Å². The van der Waals surface area contributed by atoms with Crippen LogP contribution < -0.4 is 0 Å². The lowest BCUT2D eigenvalue weighted by Gasteiger charge is -2.21. The van der Waals surface area contributed by atoms with Gasteiger partial charge in [0.1, 0.15) is 0 Å². The molecule has 0 fully saturated rings. The highest BCUT2D eigenvalue weighted by molar-refractivity contribution is 5.69. The second-order valence-electron chi connectivity index (χ2n) is 4.32. The first-order valence-corrected chi connectivity index (χ1v) is 5.29. The summed E-state index contributed by atoms with van der Waals surface area (Å²) in [4.78, 5) is 12.6. The van der Waals surface area contributed by atoms with E-state index in [4.69, 9.17) is 10.4 Å². The zero-order valence-electron chi connectivity index (χ0n) is 9.73. The molecule has 0 aliphatic carbocycles. The van der Waals surface area contributed by atoms with Crippen LogP contribution in [0.3, 0.4) is 0 Å². The Morgan fingerprint density at radius 2 is 2.07 bits per heavy atom. The molecular formula is C11H20N2O2. The summed E-state index contributed by atoms with van der Waals surface area (Å²) in [6.07, 6.45) is 0.994. The molecule has 1 N–H and O–H groups in total. The topological polar surface area (TPSA) is 64.3 Å². The van der Waals surface area contributed by atoms with Crippen LogP contribution >= 0.6 is 0 Å². The summed E-state index contributed by atoms with van der Waals surface area (Å²) in [5.41, 5.74) is 0. The molecule has 0 bridgehead atoms. The first-order valence-electron chi connectivity index (χ1n) is 5.29. The van der Waals surface area contributed by atoms with Crippen molar-refractivity contribution in [3.05, 3.63) is 0 Å². The van der Waals surface area contributed by atoms with Gasteiger partial charge >= 0.3 is 5.97 Å². The number of nitriles is 1. The van der Waals surface area contributed by atoms with Crippen molar-refractivity contribution >= 4 is 5.97 Å². The van der Waals surface area contributed by atoms with Gasteiger partial charge in [0.15, 0.2) is 0 Å². The second kappa shape index (κ2) is 7.24. The summed E-state index contributed by atoms with van der Waals surface area (Å²) >= 11 is 0. The van der Waals surface area contributed by atoms with E-state index in [-0.39, 0.29) is 0 Å². The minimum absolute atomic E-state index is 0.310. The highest BCUT2D eigenvalue weighted by atomic mass is 16.4. The van der Waals surface area contributed by atoms with Crippen LogP contribution in [0.5, 0.6) is 0 Å². The molecule has 0 amide bonds. The first-order chi connectivity index (χ1) is 6.97. The Morgan fingerprint density at radius 3 is 2.47 bits per heavy atom. The molecule has 0 aromatic rings. The van der Waals surface area contributed by atoms with E-state index in [9.17, 15) is 4.79 Å². The number of nitrogens with zero attached hydrogens (tertiary/aromatic N) is 2. The van der Waals surface area contributed by atoms with Crippen molar-refractivity contribution in [1.82, 2.24) is 4.90 Å². The van der Waals surface area contributed by atoms with Gasteiger partial charge in [-0.2, -0.15) is 5.26 Å². The molecule has 0 aliphatic rings. The van der Waals surface area contributed by atoms with Gasteiger partial charge in [-0.15, -0.1) is 0 Å². The van der Waals surface area contributed by atoms with E-state index in [1.165, 1.54) is 0 Å². The zero-order valence-corrected chi connectivity index (χ0v) is 9.73. The van der Waals surface area contributed by atoms with Crippen LogP contribution in [0.15, 0.2) is 0 Å². The van der Waals surface area contributed by atoms with E-state index in [0.717, 1.165) is 13.0 Å². The van der Waals surface area contributed by atoms with Crippen molar-refractivity contribution < 1.29 is 9.90 Å². The van der Waals surface area contributed by atoms with Crippen molar-refractivity contribution in [1.29, 1.82) is 5.26 Å². The van der Waals surface area contributed by atoms with Gasteiger partial charge in [-0.1, -0.05) is 20.8 Å². The van der Waals surface area contributed by atoms with Crippen molar-refractivity contribution in [2.24, 2.45) is 11.8 Å². The number of hydrogen-bond donors (Lipinski definition) is 1. The smallest absolute Gasteiger partial charge is 0.307 e. The van der Waals surface area contributed by atoms with Crippen LogP contribution in [0.4, 0.5) is 0 Å². The van der Waals surface area contributed by atoms with Gasteiger partial charge in [0.2, 0.25) is 0 Å². The van der Waals surface area contributed by atoms with E-state index >= 15 is 0 Å². The molecule has 0 aromatic heterocycles. The van der Waals surface area contributed by atoms with E-state index in [1.54, 1.807) is 6.92 Å². The summed E-state index contributed by atoms with van der Waals surface area (Å²) < 4.78 is 0. The third-order valence-electron chi connectivity index (χ3n) is 2.27. The summed E-state index contributed by atoms with van der Waals surface area (Å²) in [6.45, 7) is 7.46. The van der Waals surface area contributed by atoms with Gasteiger partial charge in [0.05, 0.1) is 18.5 Å². The maximum absolute atomic E-state index is 10.7. The number of hydrogen-bond acceptors (Lipinski definition) is 3. The molecule has 0 aliphatic heterocycles. The van der Waals surface area contributed by atoms with Gasteiger partial charge in [0, 0.05) is 6.54 Å². The number of carboxylic acid groups (broad SMARTS) is 1. The molecule has 4 nitrogen and oxygen atoms in total. The Bertz CT molecular complexity index is 233. The molecule has 0 saturated carbocycles. The molecule has 86 valence electrons. The average Bonchev–Trinajstić information content (AvgIpc) is 2.14. The van der Waals surface area contributed by atoms with E-state index in [2.05, 4.69) is 19.9 Å². The maximum atomic E-state index is 10.7. The van der Waals surface area contributed by atoms with Crippen molar-refractivity contribution in [2.45, 2.75) is 27.2 Å². The number of carboxylic acids is 1. The standard InChI is InChI=1S/C11H20N2O2/c1-9(2)4-6-13(7-5-12)8-10(3)11(14)15/h9-10H,4,6-8H2,1-3H3,(H,14,15). The third kappa shape index (κ3) is 6.92. The van der Waals surface area contributed by atoms with Crippen LogP contribution in [0.2, 0.25) is 0 Å². The lowest BCUT2D eigenvalue weighted by molar-refractivity contribution is -0.141. The fourth-order valence-electron chi connectivity index (χ4n) is 1.24. The Morgan fingerprint density at radius 1 is 1.47 bits per heavy atom. The molecule has 0 radical (unpaired) electrons. The van der Waals surface area contributed by atoms with Gasteiger partial charge in [0.25, 0.3) is 0 Å². The largest absolute Gasteiger partial charge is 0.481 e. The van der Waals surface area contributed by atoms with Gasteiger partial charge < -0.3 is 5.11 Å². The Labute approximate surface area is 91.5 Å². The lowest BCUT2D eigenvalue weighted by atomic mass is 10.1. The molecular weight excluding hydrogens is 192 g/mol. The van der Waals surface area contributed by atoms with E-state index in [1.807, 2.05) is 4.90 Å². The summed E-state index contributed by atoms with van der Waals surface area (Å²) in [6, 6.07) is 2.07. The molecule has 0 rings (SSSR count). The van der Waals surface area contributed by atoms with Crippen LogP contribution in [-0.4, -0.2) is 35.6 Å². The predicted molar refractivity (Wildman–Crippen MR) is 58.3 cm³/mol. The molecule has 0 spiro atoms. The SMILES string of the molecule is CC(C)CCN(CC#N)CC(C)C(=O)O. The summed E-state index contributed by atoms with van der Waals surface area (Å²) in [5.74, 6) is -0.640. The third-order valence-corrected chi connectivity index (χ3v) is 2.27. The van der Waals surface area contributed by atoms with Gasteiger partial charge in [-0.25, -0.2) is 0 Å². The summed E-state index contributed by atoms with van der Waals surface area (Å²) in [5, 5.41) is 17.4. The summed E-state index contributed by atoms with van der Waals surface area (Å²) in [7, 11) is 0. The number of carbonyl (C=O) groups is 1. The van der Waals surface area contributed by atoms with Crippen LogP contribution in [-0.2, 0) is 4.79 Å². The lowest BCUT2D eigenvalue weighted by Crippen LogP contribution is -2.33. The first kappa shape index (κ1) is 13.9. The average molecular weight is 212 g/mol. The normalized spacial score (nSPS) is 12.8. The monoisotopic (exact) mass is 212 g/mol. The highest BCUT2D eigenvalue weighted by Crippen LogP contribution is 2.05. The van der Waals surface area contributed by atoms with Crippen molar-refractivity contribution in [2.75, 3.05) is 19.6 Å². The van der Waals surface area contributed by atoms with Crippen LogP contribution in [0.25, 0.3) is 0 Å². The fraction of sp³-hybridized carbons (Fsp3) is 0.818. The second-order valence-corrected chi connectivity index (χ2v) is 4.32. The quantitative estimate of drug-likeness (QED) is 0.651. The molecule has 1 unspecified atom stereocenters. The zero-order chi connectivity index (χ0) is 11.8. The van der Waals surface area contributed by atoms with E-state index < -0.39 is 11.9 Å². The minimum atomic E-state index is -0.803. The molecule has 1 atom stereocenters.